The van der Waals surface area contributed by atoms with Gasteiger partial charge >= 0.3 is 5.97 Å². The summed E-state index contributed by atoms with van der Waals surface area (Å²) in [6, 6.07) is 7.27. The Morgan fingerprint density at radius 3 is 2.33 bits per heavy atom. The standard InChI is InChI=1S/C24H34N2O4/c1-5-30-23(29)18-8-6-14-25(16-18)22(28)20-9-7-15-26(20)21(27)17-10-12-19(13-11-17)24(2,3)4/h10-13,18,20H,5-9,14-16H2,1-4H3. The average Bonchev–Trinajstić information content (AvgIpc) is 3.22. The zero-order valence-corrected chi connectivity index (χ0v) is 18.6. The van der Waals surface area contributed by atoms with Crippen LogP contribution in [0.3, 0.4) is 0 Å². The van der Waals surface area contributed by atoms with Gasteiger partial charge in [-0.05, 0) is 55.7 Å². The Labute approximate surface area is 179 Å². The number of ether oxygens (including phenoxy) is 1. The van der Waals surface area contributed by atoms with E-state index in [1.807, 2.05) is 24.3 Å². The highest BCUT2D eigenvalue weighted by atomic mass is 16.5. The van der Waals surface area contributed by atoms with Gasteiger partial charge in [0.15, 0.2) is 0 Å². The van der Waals surface area contributed by atoms with Crippen molar-refractivity contribution in [3.05, 3.63) is 35.4 Å². The van der Waals surface area contributed by atoms with Gasteiger partial charge in [-0.25, -0.2) is 0 Å². The minimum absolute atomic E-state index is 0.0252. The number of hydrogen-bond donors (Lipinski definition) is 0. The van der Waals surface area contributed by atoms with Gasteiger partial charge in [-0.15, -0.1) is 0 Å². The summed E-state index contributed by atoms with van der Waals surface area (Å²) in [6.07, 6.45) is 3.02. The van der Waals surface area contributed by atoms with Crippen LogP contribution in [-0.4, -0.2) is 59.9 Å². The van der Waals surface area contributed by atoms with E-state index in [0.29, 0.717) is 38.2 Å². The van der Waals surface area contributed by atoms with Crippen molar-refractivity contribution in [1.29, 1.82) is 0 Å². The van der Waals surface area contributed by atoms with Crippen LogP contribution in [0.25, 0.3) is 0 Å². The molecule has 1 aromatic carbocycles. The molecule has 0 saturated carbocycles. The number of carbonyl (C=O) groups is 3. The Bertz CT molecular complexity index is 781. The summed E-state index contributed by atoms with van der Waals surface area (Å²) in [7, 11) is 0. The lowest BCUT2D eigenvalue weighted by Crippen LogP contribution is -2.51. The van der Waals surface area contributed by atoms with Crippen molar-refractivity contribution in [3.63, 3.8) is 0 Å². The summed E-state index contributed by atoms with van der Waals surface area (Å²) >= 11 is 0. The first-order valence-electron chi connectivity index (χ1n) is 11.1. The van der Waals surface area contributed by atoms with Crippen molar-refractivity contribution < 1.29 is 19.1 Å². The van der Waals surface area contributed by atoms with Crippen LogP contribution in [0, 0.1) is 5.92 Å². The molecule has 0 radical (unpaired) electrons. The van der Waals surface area contributed by atoms with Crippen molar-refractivity contribution in [2.45, 2.75) is 64.8 Å². The monoisotopic (exact) mass is 414 g/mol. The van der Waals surface area contributed by atoms with E-state index in [-0.39, 0.29) is 29.1 Å². The predicted molar refractivity (Wildman–Crippen MR) is 115 cm³/mol. The van der Waals surface area contributed by atoms with E-state index >= 15 is 0 Å². The van der Waals surface area contributed by atoms with Gasteiger partial charge in [-0.3, -0.25) is 14.4 Å². The summed E-state index contributed by atoms with van der Waals surface area (Å²) in [5.74, 6) is -0.627. The predicted octanol–water partition coefficient (Wildman–Crippen LogP) is 3.39. The Morgan fingerprint density at radius 1 is 1.03 bits per heavy atom. The molecule has 2 aliphatic rings. The Kier molecular flexibility index (Phi) is 6.84. The molecule has 0 spiro atoms. The molecule has 0 bridgehead atoms. The maximum absolute atomic E-state index is 13.2. The fourth-order valence-electron chi connectivity index (χ4n) is 4.39. The van der Waals surface area contributed by atoms with E-state index in [1.165, 1.54) is 5.56 Å². The van der Waals surface area contributed by atoms with Crippen LogP contribution < -0.4 is 0 Å². The number of amides is 2. The maximum atomic E-state index is 13.2. The van der Waals surface area contributed by atoms with Gasteiger partial charge in [0.25, 0.3) is 5.91 Å². The molecule has 2 heterocycles. The maximum Gasteiger partial charge on any atom is 0.310 e. The molecule has 0 aromatic heterocycles. The lowest BCUT2D eigenvalue weighted by atomic mass is 9.86. The highest BCUT2D eigenvalue weighted by Crippen LogP contribution is 2.27. The van der Waals surface area contributed by atoms with E-state index in [2.05, 4.69) is 20.8 Å². The molecule has 2 atom stereocenters. The molecule has 0 N–H and O–H groups in total. The highest BCUT2D eigenvalue weighted by molar-refractivity contribution is 5.98. The topological polar surface area (TPSA) is 66.9 Å². The third kappa shape index (κ3) is 4.85. The summed E-state index contributed by atoms with van der Waals surface area (Å²) in [4.78, 5) is 42.0. The van der Waals surface area contributed by atoms with Crippen molar-refractivity contribution in [3.8, 4) is 0 Å². The number of esters is 1. The molecule has 2 fully saturated rings. The average molecular weight is 415 g/mol. The fourth-order valence-corrected chi connectivity index (χ4v) is 4.39. The molecular weight excluding hydrogens is 380 g/mol. The van der Waals surface area contributed by atoms with Crippen molar-refractivity contribution >= 4 is 17.8 Å². The summed E-state index contributed by atoms with van der Waals surface area (Å²) in [5, 5.41) is 0. The van der Waals surface area contributed by atoms with Gasteiger partial charge in [-0.2, -0.15) is 0 Å². The number of rotatable bonds is 4. The SMILES string of the molecule is CCOC(=O)C1CCCN(C(=O)C2CCCN2C(=O)c2ccc(C(C)(C)C)cc2)C1. The van der Waals surface area contributed by atoms with Crippen LogP contribution in [0.4, 0.5) is 0 Å². The first kappa shape index (κ1) is 22.3. The van der Waals surface area contributed by atoms with Crippen LogP contribution in [-0.2, 0) is 19.7 Å². The number of benzene rings is 1. The summed E-state index contributed by atoms with van der Waals surface area (Å²) in [5.41, 5.74) is 1.81. The number of piperidine rings is 1. The molecule has 2 unspecified atom stereocenters. The van der Waals surface area contributed by atoms with Gasteiger partial charge in [0.2, 0.25) is 5.91 Å². The van der Waals surface area contributed by atoms with Crippen LogP contribution in [0.15, 0.2) is 24.3 Å². The third-order valence-electron chi connectivity index (χ3n) is 6.15. The van der Waals surface area contributed by atoms with Crippen LogP contribution in [0.2, 0.25) is 0 Å². The van der Waals surface area contributed by atoms with E-state index in [0.717, 1.165) is 19.3 Å². The largest absolute Gasteiger partial charge is 0.466 e. The number of carbonyl (C=O) groups excluding carboxylic acids is 3. The van der Waals surface area contributed by atoms with Gasteiger partial charge in [0.1, 0.15) is 6.04 Å². The van der Waals surface area contributed by atoms with Crippen molar-refractivity contribution in [2.24, 2.45) is 5.92 Å². The van der Waals surface area contributed by atoms with Crippen LogP contribution in [0.1, 0.15) is 69.3 Å². The van der Waals surface area contributed by atoms with Gasteiger partial charge < -0.3 is 14.5 Å². The lowest BCUT2D eigenvalue weighted by molar-refractivity contribution is -0.151. The van der Waals surface area contributed by atoms with E-state index in [9.17, 15) is 14.4 Å². The van der Waals surface area contributed by atoms with Crippen LogP contribution >= 0.6 is 0 Å². The Morgan fingerprint density at radius 2 is 1.70 bits per heavy atom. The first-order valence-corrected chi connectivity index (χ1v) is 11.1. The van der Waals surface area contributed by atoms with Gasteiger partial charge in [0.05, 0.1) is 12.5 Å². The quantitative estimate of drug-likeness (QED) is 0.709. The molecule has 6 nitrogen and oxygen atoms in total. The summed E-state index contributed by atoms with van der Waals surface area (Å²) in [6.45, 7) is 10.2. The zero-order chi connectivity index (χ0) is 21.9. The van der Waals surface area contributed by atoms with Crippen molar-refractivity contribution in [1.82, 2.24) is 9.80 Å². The first-order chi connectivity index (χ1) is 14.2. The second-order valence-corrected chi connectivity index (χ2v) is 9.36. The molecule has 2 saturated heterocycles. The van der Waals surface area contributed by atoms with Gasteiger partial charge in [0, 0.05) is 25.2 Å². The minimum Gasteiger partial charge on any atom is -0.466 e. The minimum atomic E-state index is -0.444. The van der Waals surface area contributed by atoms with Crippen molar-refractivity contribution in [2.75, 3.05) is 26.2 Å². The molecule has 2 amide bonds. The fraction of sp³-hybridized carbons (Fsp3) is 0.625. The molecule has 0 aliphatic carbocycles. The molecular formula is C24H34N2O4. The van der Waals surface area contributed by atoms with E-state index < -0.39 is 6.04 Å². The second kappa shape index (κ2) is 9.19. The third-order valence-corrected chi connectivity index (χ3v) is 6.15. The second-order valence-electron chi connectivity index (χ2n) is 9.36. The molecule has 164 valence electrons. The van der Waals surface area contributed by atoms with Crippen LogP contribution in [0.5, 0.6) is 0 Å². The zero-order valence-electron chi connectivity index (χ0n) is 18.6. The van der Waals surface area contributed by atoms with Gasteiger partial charge in [-0.1, -0.05) is 32.9 Å². The molecule has 6 heteroatoms. The molecule has 3 rings (SSSR count). The Hall–Kier alpha value is -2.37. The van der Waals surface area contributed by atoms with E-state index in [4.69, 9.17) is 4.74 Å². The number of nitrogens with zero attached hydrogens (tertiary/aromatic N) is 2. The molecule has 1 aromatic rings. The normalized spacial score (nSPS) is 22.1. The smallest absolute Gasteiger partial charge is 0.310 e. The number of likely N-dealkylation sites (tertiary alicyclic amines) is 2. The molecule has 30 heavy (non-hydrogen) atoms. The Balaban J connectivity index is 1.69. The lowest BCUT2D eigenvalue weighted by Gasteiger charge is -2.35. The number of hydrogen-bond acceptors (Lipinski definition) is 4. The molecule has 2 aliphatic heterocycles. The highest BCUT2D eigenvalue weighted by Gasteiger charge is 2.39. The van der Waals surface area contributed by atoms with E-state index in [1.54, 1.807) is 16.7 Å². The summed E-state index contributed by atoms with van der Waals surface area (Å²) < 4.78 is 5.14.